The van der Waals surface area contributed by atoms with Crippen LogP contribution in [0.5, 0.6) is 0 Å². The standard InChI is InChI=1S/C19H25N5O4/c1-6-13(4)20-19(27)21-16(25)10-28-18(26)17-14(5)22-24(23-17)15-8-7-11(2)9-12(15)3/h7-9,13H,6,10H2,1-5H3,(H2,20,21,25,27)/t13-/m0/s1. The van der Waals surface area contributed by atoms with E-state index in [4.69, 9.17) is 4.74 Å². The van der Waals surface area contributed by atoms with Crippen LogP contribution in [0.2, 0.25) is 0 Å². The Balaban J connectivity index is 1.98. The second-order valence-corrected chi connectivity index (χ2v) is 6.62. The molecule has 0 bridgehead atoms. The van der Waals surface area contributed by atoms with E-state index < -0.39 is 24.5 Å². The number of rotatable bonds is 6. The summed E-state index contributed by atoms with van der Waals surface area (Å²) in [5, 5.41) is 13.1. The maximum Gasteiger partial charge on any atom is 0.361 e. The summed E-state index contributed by atoms with van der Waals surface area (Å²) in [6.07, 6.45) is 0.728. The Morgan fingerprint density at radius 1 is 1.18 bits per heavy atom. The highest BCUT2D eigenvalue weighted by molar-refractivity contribution is 5.96. The average Bonchev–Trinajstić information content (AvgIpc) is 3.00. The van der Waals surface area contributed by atoms with Gasteiger partial charge in [-0.3, -0.25) is 10.1 Å². The van der Waals surface area contributed by atoms with Crippen LogP contribution < -0.4 is 10.6 Å². The van der Waals surface area contributed by atoms with E-state index in [2.05, 4.69) is 20.8 Å². The molecule has 3 amide bonds. The van der Waals surface area contributed by atoms with Crippen LogP contribution in [-0.2, 0) is 9.53 Å². The predicted octanol–water partition coefficient (Wildman–Crippen LogP) is 1.97. The molecule has 1 aromatic heterocycles. The predicted molar refractivity (Wildman–Crippen MR) is 102 cm³/mol. The van der Waals surface area contributed by atoms with Crippen molar-refractivity contribution in [2.24, 2.45) is 0 Å². The van der Waals surface area contributed by atoms with Crippen LogP contribution in [0.1, 0.15) is 47.6 Å². The summed E-state index contributed by atoms with van der Waals surface area (Å²) < 4.78 is 4.95. The van der Waals surface area contributed by atoms with Crippen LogP contribution in [0.15, 0.2) is 18.2 Å². The third-order valence-corrected chi connectivity index (χ3v) is 4.12. The van der Waals surface area contributed by atoms with Crippen molar-refractivity contribution in [1.29, 1.82) is 0 Å². The van der Waals surface area contributed by atoms with Crippen LogP contribution in [0, 0.1) is 20.8 Å². The Bertz CT molecular complexity index is 890. The van der Waals surface area contributed by atoms with Gasteiger partial charge in [0.05, 0.1) is 11.4 Å². The van der Waals surface area contributed by atoms with E-state index in [0.717, 1.165) is 23.2 Å². The zero-order valence-corrected chi connectivity index (χ0v) is 16.7. The third-order valence-electron chi connectivity index (χ3n) is 4.12. The number of amides is 3. The molecular weight excluding hydrogens is 362 g/mol. The normalized spacial score (nSPS) is 11.6. The van der Waals surface area contributed by atoms with Crippen molar-refractivity contribution in [1.82, 2.24) is 25.6 Å². The molecule has 0 fully saturated rings. The van der Waals surface area contributed by atoms with E-state index >= 15 is 0 Å². The molecule has 1 atom stereocenters. The molecule has 0 radical (unpaired) electrons. The molecule has 2 rings (SSSR count). The number of benzene rings is 1. The van der Waals surface area contributed by atoms with Crippen molar-refractivity contribution < 1.29 is 19.1 Å². The van der Waals surface area contributed by atoms with Crippen molar-refractivity contribution in [3.8, 4) is 5.69 Å². The lowest BCUT2D eigenvalue weighted by molar-refractivity contribution is -0.123. The number of aryl methyl sites for hydroxylation is 3. The number of aromatic nitrogens is 3. The first-order chi connectivity index (χ1) is 13.2. The zero-order chi connectivity index (χ0) is 20.8. The van der Waals surface area contributed by atoms with Gasteiger partial charge >= 0.3 is 12.0 Å². The minimum absolute atomic E-state index is 0.0110. The fraction of sp³-hybridized carbons (Fsp3) is 0.421. The summed E-state index contributed by atoms with van der Waals surface area (Å²) in [6, 6.07) is 5.07. The van der Waals surface area contributed by atoms with E-state index in [1.165, 1.54) is 4.80 Å². The van der Waals surface area contributed by atoms with Gasteiger partial charge in [-0.25, -0.2) is 9.59 Å². The Morgan fingerprint density at radius 2 is 1.89 bits per heavy atom. The van der Waals surface area contributed by atoms with Gasteiger partial charge in [0, 0.05) is 6.04 Å². The number of esters is 1. The summed E-state index contributed by atoms with van der Waals surface area (Å²) in [6.45, 7) is 8.66. The largest absolute Gasteiger partial charge is 0.451 e. The molecule has 1 aromatic carbocycles. The van der Waals surface area contributed by atoms with E-state index in [1.807, 2.05) is 45.9 Å². The lowest BCUT2D eigenvalue weighted by Crippen LogP contribution is -2.44. The second kappa shape index (κ2) is 9.12. The highest BCUT2D eigenvalue weighted by Crippen LogP contribution is 2.15. The average molecular weight is 387 g/mol. The molecule has 28 heavy (non-hydrogen) atoms. The number of carbonyl (C=O) groups excluding carboxylic acids is 3. The van der Waals surface area contributed by atoms with Gasteiger partial charge in [-0.2, -0.15) is 9.90 Å². The zero-order valence-electron chi connectivity index (χ0n) is 16.7. The summed E-state index contributed by atoms with van der Waals surface area (Å²) >= 11 is 0. The highest BCUT2D eigenvalue weighted by Gasteiger charge is 2.20. The van der Waals surface area contributed by atoms with Gasteiger partial charge in [-0.15, -0.1) is 5.10 Å². The first-order valence-electron chi connectivity index (χ1n) is 9.00. The van der Waals surface area contributed by atoms with Crippen molar-refractivity contribution >= 4 is 17.9 Å². The fourth-order valence-corrected chi connectivity index (χ4v) is 2.43. The van der Waals surface area contributed by atoms with Crippen LogP contribution >= 0.6 is 0 Å². The first kappa shape index (κ1) is 21.1. The highest BCUT2D eigenvalue weighted by atomic mass is 16.5. The molecule has 0 aliphatic carbocycles. The van der Waals surface area contributed by atoms with Gasteiger partial charge in [0.25, 0.3) is 5.91 Å². The number of urea groups is 1. The smallest absolute Gasteiger partial charge is 0.361 e. The van der Waals surface area contributed by atoms with Gasteiger partial charge < -0.3 is 10.1 Å². The van der Waals surface area contributed by atoms with Crippen LogP contribution in [0.4, 0.5) is 4.79 Å². The molecule has 0 spiro atoms. The molecule has 0 aliphatic heterocycles. The SMILES string of the molecule is CC[C@H](C)NC(=O)NC(=O)COC(=O)c1nn(-c2ccc(C)cc2C)nc1C. The number of ether oxygens (including phenoxy) is 1. The Hall–Kier alpha value is -3.23. The van der Waals surface area contributed by atoms with Crippen molar-refractivity contribution in [2.75, 3.05) is 6.61 Å². The molecule has 0 saturated carbocycles. The monoisotopic (exact) mass is 387 g/mol. The quantitative estimate of drug-likeness (QED) is 0.732. The fourth-order valence-electron chi connectivity index (χ4n) is 2.43. The van der Waals surface area contributed by atoms with Crippen molar-refractivity contribution in [3.05, 3.63) is 40.7 Å². The molecule has 0 aliphatic rings. The summed E-state index contributed by atoms with van der Waals surface area (Å²) in [7, 11) is 0. The number of carbonyl (C=O) groups is 3. The minimum atomic E-state index is -0.786. The molecule has 1 heterocycles. The Labute approximate surface area is 163 Å². The summed E-state index contributed by atoms with van der Waals surface area (Å²) in [4.78, 5) is 37.0. The minimum Gasteiger partial charge on any atom is -0.451 e. The molecule has 9 heteroatoms. The Morgan fingerprint density at radius 3 is 2.54 bits per heavy atom. The Kier molecular flexibility index (Phi) is 6.86. The first-order valence-corrected chi connectivity index (χ1v) is 9.00. The molecule has 9 nitrogen and oxygen atoms in total. The number of hydrogen-bond donors (Lipinski definition) is 2. The van der Waals surface area contributed by atoms with E-state index in [9.17, 15) is 14.4 Å². The molecule has 0 saturated heterocycles. The molecular formula is C19H25N5O4. The van der Waals surface area contributed by atoms with Gasteiger partial charge in [-0.1, -0.05) is 24.6 Å². The van der Waals surface area contributed by atoms with Gasteiger partial charge in [0.2, 0.25) is 0 Å². The molecule has 0 unspecified atom stereocenters. The maximum absolute atomic E-state index is 12.2. The maximum atomic E-state index is 12.2. The van der Waals surface area contributed by atoms with E-state index in [0.29, 0.717) is 5.69 Å². The lowest BCUT2D eigenvalue weighted by Gasteiger charge is -2.11. The molecule has 150 valence electrons. The molecule has 2 aromatic rings. The number of hydrogen-bond acceptors (Lipinski definition) is 6. The van der Waals surface area contributed by atoms with Crippen molar-refractivity contribution in [3.63, 3.8) is 0 Å². The van der Waals surface area contributed by atoms with Gasteiger partial charge in [0.1, 0.15) is 0 Å². The second-order valence-electron chi connectivity index (χ2n) is 6.62. The summed E-state index contributed by atoms with van der Waals surface area (Å²) in [5.74, 6) is -1.51. The topological polar surface area (TPSA) is 115 Å². The van der Waals surface area contributed by atoms with Gasteiger partial charge in [-0.05, 0) is 45.7 Å². The number of imide groups is 1. The number of nitrogens with one attached hydrogen (secondary N) is 2. The van der Waals surface area contributed by atoms with Crippen LogP contribution in [0.3, 0.4) is 0 Å². The summed E-state index contributed by atoms with van der Waals surface area (Å²) in [5.41, 5.74) is 3.19. The van der Waals surface area contributed by atoms with Crippen LogP contribution in [-0.4, -0.2) is 45.6 Å². The third kappa shape index (κ3) is 5.38. The van der Waals surface area contributed by atoms with E-state index in [1.54, 1.807) is 6.92 Å². The van der Waals surface area contributed by atoms with Crippen molar-refractivity contribution in [2.45, 2.75) is 47.1 Å². The van der Waals surface area contributed by atoms with E-state index in [-0.39, 0.29) is 11.7 Å². The van der Waals surface area contributed by atoms with Crippen LogP contribution in [0.25, 0.3) is 5.69 Å². The molecule has 2 N–H and O–H groups in total. The lowest BCUT2D eigenvalue weighted by atomic mass is 10.1. The van der Waals surface area contributed by atoms with Gasteiger partial charge in [0.15, 0.2) is 12.3 Å². The number of nitrogens with zero attached hydrogens (tertiary/aromatic N) is 3.